The highest BCUT2D eigenvalue weighted by molar-refractivity contribution is 7.89. The van der Waals surface area contributed by atoms with E-state index in [9.17, 15) is 18.5 Å². The minimum Gasteiger partial charge on any atom is -0.306 e. The number of sulfonamides is 1. The molecule has 128 valence electrons. The van der Waals surface area contributed by atoms with Gasteiger partial charge in [-0.2, -0.15) is 0 Å². The van der Waals surface area contributed by atoms with Gasteiger partial charge in [-0.25, -0.2) is 12.7 Å². The zero-order valence-corrected chi connectivity index (χ0v) is 14.7. The lowest BCUT2D eigenvalue weighted by Crippen LogP contribution is -2.38. The summed E-state index contributed by atoms with van der Waals surface area (Å²) >= 11 is 5.83. The summed E-state index contributed by atoms with van der Waals surface area (Å²) in [4.78, 5) is 12.2. The molecule has 0 aliphatic carbocycles. The minimum absolute atomic E-state index is 0.155. The zero-order valence-electron chi connectivity index (χ0n) is 13.1. The Balaban J connectivity index is 2.24. The number of nitrogens with zero attached hydrogens (tertiary/aromatic N) is 3. The third-order valence-corrected chi connectivity index (χ3v) is 6.25. The van der Waals surface area contributed by atoms with Gasteiger partial charge in [0.2, 0.25) is 10.0 Å². The van der Waals surface area contributed by atoms with Crippen LogP contribution in [0.15, 0.2) is 23.1 Å². The Kier molecular flexibility index (Phi) is 5.61. The lowest BCUT2D eigenvalue weighted by atomic mass is 9.97. The van der Waals surface area contributed by atoms with Crippen molar-refractivity contribution >= 4 is 27.3 Å². The van der Waals surface area contributed by atoms with E-state index in [-0.39, 0.29) is 15.8 Å². The van der Waals surface area contributed by atoms with Gasteiger partial charge in [0, 0.05) is 24.7 Å². The Morgan fingerprint density at radius 3 is 2.57 bits per heavy atom. The molecule has 0 amide bonds. The maximum Gasteiger partial charge on any atom is 0.289 e. The number of piperidine rings is 1. The van der Waals surface area contributed by atoms with Gasteiger partial charge in [0.1, 0.15) is 0 Å². The molecule has 23 heavy (non-hydrogen) atoms. The zero-order chi connectivity index (χ0) is 17.2. The van der Waals surface area contributed by atoms with E-state index in [4.69, 9.17) is 11.6 Å². The fourth-order valence-electron chi connectivity index (χ4n) is 2.72. The first kappa shape index (κ1) is 18.1. The number of benzene rings is 1. The SMILES string of the molecule is CN1CCC(CN(C)S(=O)(=O)c2cc(Cl)ccc2[N+](=O)[O-])CC1. The molecule has 1 saturated heterocycles. The first-order chi connectivity index (χ1) is 10.7. The van der Waals surface area contributed by atoms with Crippen LogP contribution in [0.4, 0.5) is 5.69 Å². The molecule has 7 nitrogen and oxygen atoms in total. The van der Waals surface area contributed by atoms with Crippen LogP contribution in [0, 0.1) is 16.0 Å². The van der Waals surface area contributed by atoms with Crippen molar-refractivity contribution in [3.05, 3.63) is 33.3 Å². The fourth-order valence-corrected chi connectivity index (χ4v) is 4.38. The van der Waals surface area contributed by atoms with Crippen LogP contribution in [0.5, 0.6) is 0 Å². The molecule has 1 aliphatic rings. The molecule has 0 saturated carbocycles. The van der Waals surface area contributed by atoms with Crippen LogP contribution < -0.4 is 0 Å². The van der Waals surface area contributed by atoms with Crippen LogP contribution in [0.2, 0.25) is 5.02 Å². The van der Waals surface area contributed by atoms with Gasteiger partial charge in [-0.3, -0.25) is 10.1 Å². The van der Waals surface area contributed by atoms with Gasteiger partial charge in [-0.15, -0.1) is 0 Å². The lowest BCUT2D eigenvalue weighted by molar-refractivity contribution is -0.387. The van der Waals surface area contributed by atoms with Gasteiger partial charge < -0.3 is 4.90 Å². The monoisotopic (exact) mass is 361 g/mol. The van der Waals surface area contributed by atoms with Crippen molar-refractivity contribution in [2.24, 2.45) is 5.92 Å². The highest BCUT2D eigenvalue weighted by Gasteiger charge is 2.31. The van der Waals surface area contributed by atoms with Gasteiger partial charge >= 0.3 is 0 Å². The number of hydrogen-bond acceptors (Lipinski definition) is 5. The van der Waals surface area contributed by atoms with Crippen molar-refractivity contribution in [2.75, 3.05) is 33.7 Å². The predicted molar refractivity (Wildman–Crippen MR) is 88.1 cm³/mol. The van der Waals surface area contributed by atoms with E-state index < -0.39 is 20.6 Å². The van der Waals surface area contributed by atoms with E-state index in [2.05, 4.69) is 4.90 Å². The third kappa shape index (κ3) is 4.20. The van der Waals surface area contributed by atoms with Crippen LogP contribution in [0.1, 0.15) is 12.8 Å². The van der Waals surface area contributed by atoms with Crippen LogP contribution in [-0.4, -0.2) is 56.3 Å². The molecule has 0 N–H and O–H groups in total. The van der Waals surface area contributed by atoms with Crippen molar-refractivity contribution in [2.45, 2.75) is 17.7 Å². The molecular weight excluding hydrogens is 342 g/mol. The normalized spacial score (nSPS) is 17.6. The Morgan fingerprint density at radius 1 is 1.39 bits per heavy atom. The Hall–Kier alpha value is -1.22. The molecule has 0 radical (unpaired) electrons. The third-order valence-electron chi connectivity index (χ3n) is 4.16. The van der Waals surface area contributed by atoms with Gasteiger partial charge in [-0.05, 0) is 51.0 Å². The quantitative estimate of drug-likeness (QED) is 0.593. The van der Waals surface area contributed by atoms with Crippen molar-refractivity contribution in [3.63, 3.8) is 0 Å². The van der Waals surface area contributed by atoms with Gasteiger partial charge in [0.25, 0.3) is 5.69 Å². The fraction of sp³-hybridized carbons (Fsp3) is 0.571. The molecule has 1 aromatic carbocycles. The molecule has 2 rings (SSSR count). The second-order valence-electron chi connectivity index (χ2n) is 5.90. The van der Waals surface area contributed by atoms with Crippen LogP contribution >= 0.6 is 11.6 Å². The van der Waals surface area contributed by atoms with Crippen molar-refractivity contribution < 1.29 is 13.3 Å². The summed E-state index contributed by atoms with van der Waals surface area (Å²) in [6, 6.07) is 3.58. The molecule has 0 atom stereocenters. The Bertz CT molecular complexity index is 687. The second-order valence-corrected chi connectivity index (χ2v) is 8.35. The summed E-state index contributed by atoms with van der Waals surface area (Å²) < 4.78 is 26.6. The average Bonchev–Trinajstić information content (AvgIpc) is 2.49. The van der Waals surface area contributed by atoms with Gasteiger partial charge in [-0.1, -0.05) is 11.6 Å². The summed E-state index contributed by atoms with van der Waals surface area (Å²) in [6.07, 6.45) is 1.82. The molecule has 0 bridgehead atoms. The van der Waals surface area contributed by atoms with E-state index in [1.165, 1.54) is 17.4 Å². The van der Waals surface area contributed by atoms with Crippen molar-refractivity contribution in [1.29, 1.82) is 0 Å². The number of nitro groups is 1. The summed E-state index contributed by atoms with van der Waals surface area (Å²) in [5, 5.41) is 11.3. The first-order valence-corrected chi connectivity index (χ1v) is 9.12. The summed E-state index contributed by atoms with van der Waals surface area (Å²) in [5.74, 6) is 0.254. The van der Waals surface area contributed by atoms with Crippen molar-refractivity contribution in [3.8, 4) is 0 Å². The molecular formula is C14H20ClN3O4S. The number of hydrogen-bond donors (Lipinski definition) is 0. The van der Waals surface area contributed by atoms with Crippen molar-refractivity contribution in [1.82, 2.24) is 9.21 Å². The largest absolute Gasteiger partial charge is 0.306 e. The van der Waals surface area contributed by atoms with Crippen LogP contribution in [0.3, 0.4) is 0 Å². The number of halogens is 1. The highest BCUT2D eigenvalue weighted by atomic mass is 35.5. The Morgan fingerprint density at radius 2 is 2.00 bits per heavy atom. The van der Waals surface area contributed by atoms with E-state index in [0.717, 1.165) is 38.1 Å². The molecule has 1 aliphatic heterocycles. The predicted octanol–water partition coefficient (Wildman–Crippen LogP) is 2.21. The smallest absolute Gasteiger partial charge is 0.289 e. The summed E-state index contributed by atoms with van der Waals surface area (Å²) in [6.45, 7) is 2.20. The maximum absolute atomic E-state index is 12.7. The van der Waals surface area contributed by atoms with E-state index in [1.807, 2.05) is 7.05 Å². The Labute approximate surface area is 141 Å². The molecule has 1 aromatic rings. The maximum atomic E-state index is 12.7. The molecule has 0 unspecified atom stereocenters. The highest BCUT2D eigenvalue weighted by Crippen LogP contribution is 2.30. The lowest BCUT2D eigenvalue weighted by Gasteiger charge is -2.31. The number of likely N-dealkylation sites (tertiary alicyclic amines) is 1. The molecule has 1 heterocycles. The van der Waals surface area contributed by atoms with Crippen LogP contribution in [-0.2, 0) is 10.0 Å². The van der Waals surface area contributed by atoms with Gasteiger partial charge in [0.05, 0.1) is 4.92 Å². The van der Waals surface area contributed by atoms with Crippen LogP contribution in [0.25, 0.3) is 0 Å². The average molecular weight is 362 g/mol. The first-order valence-electron chi connectivity index (χ1n) is 7.30. The second kappa shape index (κ2) is 7.12. The molecule has 1 fully saturated rings. The summed E-state index contributed by atoms with van der Waals surface area (Å²) in [5.41, 5.74) is -0.454. The minimum atomic E-state index is -3.96. The molecule has 0 spiro atoms. The summed E-state index contributed by atoms with van der Waals surface area (Å²) in [7, 11) is -0.466. The van der Waals surface area contributed by atoms with E-state index >= 15 is 0 Å². The number of rotatable bonds is 5. The number of nitro benzene ring substituents is 1. The standard InChI is InChI=1S/C14H20ClN3O4S/c1-16-7-5-11(6-8-16)10-17(2)23(21,22)14-9-12(15)3-4-13(14)18(19)20/h3-4,9,11H,5-8,10H2,1-2H3. The van der Waals surface area contributed by atoms with E-state index in [1.54, 1.807) is 0 Å². The topological polar surface area (TPSA) is 83.8 Å². The van der Waals surface area contributed by atoms with E-state index in [0.29, 0.717) is 6.54 Å². The van der Waals surface area contributed by atoms with Gasteiger partial charge in [0.15, 0.2) is 4.90 Å². The molecule has 0 aromatic heterocycles. The molecule has 9 heteroatoms.